The molecule has 0 aromatic heterocycles. The van der Waals surface area contributed by atoms with E-state index in [1.165, 1.54) is 0 Å². The second-order valence-electron chi connectivity index (χ2n) is 2.43. The minimum atomic E-state index is -4.09. The van der Waals surface area contributed by atoms with Gasteiger partial charge in [0.25, 0.3) is 14.7 Å². The summed E-state index contributed by atoms with van der Waals surface area (Å²) in [7, 11) is 0.951. The maximum absolute atomic E-state index is 11.0. The molecule has 0 saturated heterocycles. The van der Waals surface area contributed by atoms with Crippen LogP contribution in [-0.4, -0.2) is 13.3 Å². The molecule has 0 amide bonds. The SMILES string of the molecule is O=[N+]([O-])c1cc(S(=O)(=O)Cl)c(Cl)cc1Br. The summed E-state index contributed by atoms with van der Waals surface area (Å²) in [6, 6.07) is 1.91. The molecule has 0 fully saturated rings. The van der Waals surface area contributed by atoms with Gasteiger partial charge in [0.1, 0.15) is 4.90 Å². The molecule has 15 heavy (non-hydrogen) atoms. The van der Waals surface area contributed by atoms with Crippen LogP contribution < -0.4 is 0 Å². The standard InChI is InChI=1S/C6H2BrCl2NO4S/c7-3-1-4(8)6(15(9,13)14)2-5(3)10(11)12/h1-2H. The number of hydrogen-bond acceptors (Lipinski definition) is 4. The zero-order valence-electron chi connectivity index (χ0n) is 6.78. The van der Waals surface area contributed by atoms with Crippen molar-refractivity contribution < 1.29 is 13.3 Å². The van der Waals surface area contributed by atoms with Gasteiger partial charge in [-0.3, -0.25) is 10.1 Å². The van der Waals surface area contributed by atoms with E-state index in [1.807, 2.05) is 0 Å². The molecule has 1 aromatic rings. The molecule has 0 heterocycles. The lowest BCUT2D eigenvalue weighted by Crippen LogP contribution is -1.96. The molecule has 0 saturated carbocycles. The number of rotatable bonds is 2. The summed E-state index contributed by atoms with van der Waals surface area (Å²) in [5.74, 6) is 0. The summed E-state index contributed by atoms with van der Waals surface area (Å²) in [5.41, 5.74) is -0.418. The molecule has 9 heteroatoms. The van der Waals surface area contributed by atoms with E-state index >= 15 is 0 Å². The third-order valence-corrected chi connectivity index (χ3v) is 3.88. The van der Waals surface area contributed by atoms with Gasteiger partial charge in [0.05, 0.1) is 14.4 Å². The summed E-state index contributed by atoms with van der Waals surface area (Å²) in [6.45, 7) is 0. The zero-order valence-corrected chi connectivity index (χ0v) is 10.7. The molecule has 82 valence electrons. The van der Waals surface area contributed by atoms with E-state index in [9.17, 15) is 18.5 Å². The first-order valence-corrected chi connectivity index (χ1v) is 6.79. The van der Waals surface area contributed by atoms with Gasteiger partial charge in [-0.1, -0.05) is 11.6 Å². The Balaban J connectivity index is 3.58. The van der Waals surface area contributed by atoms with Crippen LogP contribution >= 0.6 is 38.2 Å². The molecular weight excluding hydrogens is 333 g/mol. The fraction of sp³-hybridized carbons (Fsp3) is 0. The average Bonchev–Trinajstić information content (AvgIpc) is 2.00. The monoisotopic (exact) mass is 333 g/mol. The van der Waals surface area contributed by atoms with Gasteiger partial charge < -0.3 is 0 Å². The Hall–Kier alpha value is -0.370. The van der Waals surface area contributed by atoms with E-state index in [-0.39, 0.29) is 9.50 Å². The Morgan fingerprint density at radius 2 is 1.93 bits per heavy atom. The molecule has 0 aliphatic carbocycles. The van der Waals surface area contributed by atoms with Crippen molar-refractivity contribution in [2.24, 2.45) is 0 Å². The molecule has 0 N–H and O–H groups in total. The summed E-state index contributed by atoms with van der Waals surface area (Å²) >= 11 is 8.46. The molecule has 5 nitrogen and oxygen atoms in total. The predicted octanol–water partition coefficient (Wildman–Crippen LogP) is 2.94. The fourth-order valence-corrected chi connectivity index (χ4v) is 2.98. The average molecular weight is 335 g/mol. The van der Waals surface area contributed by atoms with Gasteiger partial charge in [-0.05, 0) is 22.0 Å². The van der Waals surface area contributed by atoms with Gasteiger partial charge in [-0.2, -0.15) is 0 Å². The normalized spacial score (nSPS) is 11.4. The highest BCUT2D eigenvalue weighted by molar-refractivity contribution is 9.10. The lowest BCUT2D eigenvalue weighted by Gasteiger charge is -2.01. The topological polar surface area (TPSA) is 77.3 Å². The van der Waals surface area contributed by atoms with Gasteiger partial charge in [0.2, 0.25) is 0 Å². The molecule has 0 atom stereocenters. The number of nitro benzene ring substituents is 1. The van der Waals surface area contributed by atoms with Crippen molar-refractivity contribution in [3.63, 3.8) is 0 Å². The highest BCUT2D eigenvalue weighted by Gasteiger charge is 2.22. The Bertz CT molecular complexity index is 530. The first-order valence-electron chi connectivity index (χ1n) is 3.31. The molecule has 1 rings (SSSR count). The van der Waals surface area contributed by atoms with Crippen LogP contribution in [0.25, 0.3) is 0 Å². The third-order valence-electron chi connectivity index (χ3n) is 1.46. The first-order chi connectivity index (χ1) is 6.73. The molecule has 1 aromatic carbocycles. The van der Waals surface area contributed by atoms with E-state index in [0.29, 0.717) is 0 Å². The van der Waals surface area contributed by atoms with E-state index in [0.717, 1.165) is 12.1 Å². The number of nitro groups is 1. The third kappa shape index (κ3) is 2.81. The zero-order chi connectivity index (χ0) is 11.8. The summed E-state index contributed by atoms with van der Waals surface area (Å²) < 4.78 is 22.1. The largest absolute Gasteiger partial charge is 0.284 e. The molecular formula is C6H2BrCl2NO4S. The fourth-order valence-electron chi connectivity index (χ4n) is 0.845. The van der Waals surface area contributed by atoms with Crippen LogP contribution in [0.4, 0.5) is 5.69 Å². The van der Waals surface area contributed by atoms with Gasteiger partial charge in [0.15, 0.2) is 0 Å². The van der Waals surface area contributed by atoms with Gasteiger partial charge in [-0.25, -0.2) is 8.42 Å². The maximum Gasteiger partial charge on any atom is 0.284 e. The van der Waals surface area contributed by atoms with E-state index in [1.54, 1.807) is 0 Å². The van der Waals surface area contributed by atoms with Crippen LogP contribution in [0.5, 0.6) is 0 Å². The molecule has 0 spiro atoms. The van der Waals surface area contributed by atoms with Gasteiger partial charge >= 0.3 is 0 Å². The minimum Gasteiger partial charge on any atom is -0.258 e. The Morgan fingerprint density at radius 1 is 1.40 bits per heavy atom. The van der Waals surface area contributed by atoms with Crippen LogP contribution in [0.15, 0.2) is 21.5 Å². The smallest absolute Gasteiger partial charge is 0.258 e. The van der Waals surface area contributed by atoms with Gasteiger partial charge in [-0.15, -0.1) is 0 Å². The summed E-state index contributed by atoms with van der Waals surface area (Å²) in [5, 5.41) is 10.3. The lowest BCUT2D eigenvalue weighted by molar-refractivity contribution is -0.385. The van der Waals surface area contributed by atoms with Crippen molar-refractivity contribution in [1.29, 1.82) is 0 Å². The predicted molar refractivity (Wildman–Crippen MR) is 58.8 cm³/mol. The van der Waals surface area contributed by atoms with Crippen molar-refractivity contribution in [1.82, 2.24) is 0 Å². The van der Waals surface area contributed by atoms with Gasteiger partial charge in [0, 0.05) is 16.7 Å². The highest BCUT2D eigenvalue weighted by Crippen LogP contribution is 2.34. The summed E-state index contributed by atoms with van der Waals surface area (Å²) in [4.78, 5) is 9.28. The van der Waals surface area contributed by atoms with E-state index in [4.69, 9.17) is 22.3 Å². The Labute approximate surface area is 103 Å². The van der Waals surface area contributed by atoms with Crippen LogP contribution in [0.2, 0.25) is 5.02 Å². The molecule has 0 bridgehead atoms. The second kappa shape index (κ2) is 4.25. The number of hydrogen-bond donors (Lipinski definition) is 0. The van der Waals surface area contributed by atoms with Crippen molar-refractivity contribution in [3.8, 4) is 0 Å². The van der Waals surface area contributed by atoms with Crippen molar-refractivity contribution in [2.45, 2.75) is 4.90 Å². The van der Waals surface area contributed by atoms with Crippen LogP contribution in [-0.2, 0) is 9.05 Å². The minimum absolute atomic E-state index is 0.0848. The maximum atomic E-state index is 11.0. The second-order valence-corrected chi connectivity index (χ2v) is 6.22. The molecule has 0 unspecified atom stereocenters. The first kappa shape index (κ1) is 12.7. The quantitative estimate of drug-likeness (QED) is 0.473. The van der Waals surface area contributed by atoms with Crippen LogP contribution in [0.1, 0.15) is 0 Å². The van der Waals surface area contributed by atoms with Crippen LogP contribution in [0.3, 0.4) is 0 Å². The lowest BCUT2D eigenvalue weighted by atomic mass is 10.3. The molecule has 0 aliphatic rings. The Morgan fingerprint density at radius 3 is 2.33 bits per heavy atom. The number of benzene rings is 1. The number of nitrogens with zero attached hydrogens (tertiary/aromatic N) is 1. The molecule has 0 radical (unpaired) electrons. The number of halogens is 3. The Kier molecular flexibility index (Phi) is 3.59. The van der Waals surface area contributed by atoms with Crippen molar-refractivity contribution in [3.05, 3.63) is 31.7 Å². The van der Waals surface area contributed by atoms with E-state index < -0.39 is 24.6 Å². The summed E-state index contributed by atoms with van der Waals surface area (Å²) in [6.07, 6.45) is 0. The highest BCUT2D eigenvalue weighted by atomic mass is 79.9. The van der Waals surface area contributed by atoms with Crippen molar-refractivity contribution >= 4 is 53.0 Å². The van der Waals surface area contributed by atoms with Crippen LogP contribution in [0, 0.1) is 10.1 Å². The molecule has 0 aliphatic heterocycles. The van der Waals surface area contributed by atoms with E-state index in [2.05, 4.69) is 15.9 Å². The van der Waals surface area contributed by atoms with Crippen molar-refractivity contribution in [2.75, 3.05) is 0 Å².